The van der Waals surface area contributed by atoms with Crippen molar-refractivity contribution in [2.45, 2.75) is 42.6 Å². The van der Waals surface area contributed by atoms with E-state index in [4.69, 9.17) is 4.74 Å². The van der Waals surface area contributed by atoms with Crippen molar-refractivity contribution in [3.05, 3.63) is 11.9 Å². The summed E-state index contributed by atoms with van der Waals surface area (Å²) in [6.45, 7) is 4.56. The van der Waals surface area contributed by atoms with Crippen molar-refractivity contribution in [3.63, 3.8) is 0 Å². The maximum absolute atomic E-state index is 11.2. The van der Waals surface area contributed by atoms with Gasteiger partial charge in [-0.3, -0.25) is 9.58 Å². The topological polar surface area (TPSA) is 67.6 Å². The lowest BCUT2D eigenvalue weighted by Crippen LogP contribution is -2.44. The minimum Gasteiger partial charge on any atom is -0.465 e. The third kappa shape index (κ3) is 2.44. The Hall–Kier alpha value is -1.21. The fourth-order valence-electron chi connectivity index (χ4n) is 2.52. The van der Waals surface area contributed by atoms with Crippen LogP contribution >= 0.6 is 11.8 Å². The van der Waals surface area contributed by atoms with Gasteiger partial charge in [0.1, 0.15) is 0 Å². The highest BCUT2D eigenvalue weighted by atomic mass is 32.2. The van der Waals surface area contributed by atoms with Gasteiger partial charge in [-0.15, -0.1) is 11.8 Å². The Morgan fingerprint density at radius 3 is 3.16 bits per heavy atom. The standard InChI is InChI=1S/C12H17N3O3S/c1-8-5-15-10(6-14(8)12(16)17)11(4-13-15)19-9-2-3-18-7-9/h4,8-9H,2-3,5-7H2,1H3,(H,16,17)/t8-,9?/m0/s1. The monoisotopic (exact) mass is 283 g/mol. The fraction of sp³-hybridized carbons (Fsp3) is 0.667. The number of hydrogen-bond acceptors (Lipinski definition) is 4. The molecule has 1 N–H and O–H groups in total. The number of carbonyl (C=O) groups is 1. The van der Waals surface area contributed by atoms with E-state index in [0.717, 1.165) is 30.2 Å². The zero-order valence-electron chi connectivity index (χ0n) is 10.8. The number of fused-ring (bicyclic) bond motifs is 1. The van der Waals surface area contributed by atoms with Gasteiger partial charge in [-0.1, -0.05) is 0 Å². The second kappa shape index (κ2) is 5.05. The molecule has 3 rings (SSSR count). The maximum atomic E-state index is 11.2. The summed E-state index contributed by atoms with van der Waals surface area (Å²) >= 11 is 1.76. The molecule has 19 heavy (non-hydrogen) atoms. The number of amides is 1. The van der Waals surface area contributed by atoms with Crippen LogP contribution in [0, 0.1) is 0 Å². The largest absolute Gasteiger partial charge is 0.465 e. The van der Waals surface area contributed by atoms with Gasteiger partial charge in [-0.05, 0) is 13.3 Å². The predicted molar refractivity (Wildman–Crippen MR) is 70.3 cm³/mol. The van der Waals surface area contributed by atoms with E-state index in [1.165, 1.54) is 4.90 Å². The summed E-state index contributed by atoms with van der Waals surface area (Å²) in [5.41, 5.74) is 1.01. The third-order valence-corrected chi connectivity index (χ3v) is 4.93. The van der Waals surface area contributed by atoms with Crippen molar-refractivity contribution >= 4 is 17.9 Å². The molecule has 0 spiro atoms. The van der Waals surface area contributed by atoms with Gasteiger partial charge in [0.05, 0.1) is 42.5 Å². The maximum Gasteiger partial charge on any atom is 0.407 e. The Morgan fingerprint density at radius 1 is 1.63 bits per heavy atom. The average molecular weight is 283 g/mol. The van der Waals surface area contributed by atoms with Gasteiger partial charge in [0.15, 0.2) is 0 Å². The molecule has 2 aliphatic heterocycles. The van der Waals surface area contributed by atoms with Crippen LogP contribution in [0.15, 0.2) is 11.1 Å². The van der Waals surface area contributed by atoms with E-state index in [-0.39, 0.29) is 6.04 Å². The molecule has 0 radical (unpaired) electrons. The van der Waals surface area contributed by atoms with Crippen molar-refractivity contribution in [1.82, 2.24) is 14.7 Å². The van der Waals surface area contributed by atoms with Gasteiger partial charge in [0.2, 0.25) is 0 Å². The smallest absolute Gasteiger partial charge is 0.407 e. The van der Waals surface area contributed by atoms with Crippen molar-refractivity contribution in [2.75, 3.05) is 13.2 Å². The Bertz CT molecular complexity index is 485. The Balaban J connectivity index is 1.80. The molecule has 2 atom stereocenters. The van der Waals surface area contributed by atoms with Crippen LogP contribution in [-0.2, 0) is 17.8 Å². The van der Waals surface area contributed by atoms with Gasteiger partial charge < -0.3 is 9.84 Å². The zero-order valence-corrected chi connectivity index (χ0v) is 11.6. The molecule has 104 valence electrons. The van der Waals surface area contributed by atoms with E-state index >= 15 is 0 Å². The summed E-state index contributed by atoms with van der Waals surface area (Å²) in [6, 6.07) is -0.0300. The minimum absolute atomic E-state index is 0.0300. The highest BCUT2D eigenvalue weighted by Crippen LogP contribution is 2.33. The number of carboxylic acid groups (broad SMARTS) is 1. The van der Waals surface area contributed by atoms with Crippen LogP contribution in [0.25, 0.3) is 0 Å². The van der Waals surface area contributed by atoms with E-state index in [1.54, 1.807) is 11.8 Å². The molecule has 3 heterocycles. The second-order valence-corrected chi connectivity index (χ2v) is 6.34. The van der Waals surface area contributed by atoms with Gasteiger partial charge >= 0.3 is 6.09 Å². The average Bonchev–Trinajstić information content (AvgIpc) is 2.99. The molecule has 0 bridgehead atoms. The van der Waals surface area contributed by atoms with Crippen LogP contribution in [0.2, 0.25) is 0 Å². The highest BCUT2D eigenvalue weighted by Gasteiger charge is 2.30. The van der Waals surface area contributed by atoms with Crippen LogP contribution in [0.5, 0.6) is 0 Å². The molecule has 6 nitrogen and oxygen atoms in total. The van der Waals surface area contributed by atoms with Crippen LogP contribution in [0.3, 0.4) is 0 Å². The summed E-state index contributed by atoms with van der Waals surface area (Å²) in [6.07, 6.45) is 2.05. The fourth-order valence-corrected chi connectivity index (χ4v) is 3.67. The van der Waals surface area contributed by atoms with Gasteiger partial charge in [-0.2, -0.15) is 5.10 Å². The highest BCUT2D eigenvalue weighted by molar-refractivity contribution is 8.00. The van der Waals surface area contributed by atoms with E-state index in [1.807, 2.05) is 17.8 Å². The van der Waals surface area contributed by atoms with E-state index in [9.17, 15) is 9.90 Å². The molecule has 0 aliphatic carbocycles. The number of rotatable bonds is 2. The van der Waals surface area contributed by atoms with Crippen molar-refractivity contribution < 1.29 is 14.6 Å². The number of nitrogens with zero attached hydrogens (tertiary/aromatic N) is 3. The van der Waals surface area contributed by atoms with Gasteiger partial charge in [0.25, 0.3) is 0 Å². The van der Waals surface area contributed by atoms with Crippen LogP contribution in [0.1, 0.15) is 19.0 Å². The van der Waals surface area contributed by atoms with Gasteiger partial charge in [-0.25, -0.2) is 4.79 Å². The van der Waals surface area contributed by atoms with E-state index < -0.39 is 6.09 Å². The Morgan fingerprint density at radius 2 is 2.47 bits per heavy atom. The summed E-state index contributed by atoms with van der Waals surface area (Å²) < 4.78 is 7.31. The van der Waals surface area contributed by atoms with Crippen LogP contribution in [0.4, 0.5) is 4.79 Å². The lowest BCUT2D eigenvalue weighted by Gasteiger charge is -2.32. The molecule has 7 heteroatoms. The zero-order chi connectivity index (χ0) is 13.4. The summed E-state index contributed by atoms with van der Waals surface area (Å²) in [5.74, 6) is 0. The third-order valence-electron chi connectivity index (χ3n) is 3.63. The summed E-state index contributed by atoms with van der Waals surface area (Å²) in [7, 11) is 0. The molecule has 1 amide bonds. The molecule has 1 aromatic heterocycles. The van der Waals surface area contributed by atoms with Crippen LogP contribution in [-0.4, -0.2) is 50.4 Å². The van der Waals surface area contributed by atoms with E-state index in [2.05, 4.69) is 5.10 Å². The molecular weight excluding hydrogens is 266 g/mol. The number of ether oxygens (including phenoxy) is 1. The number of thioether (sulfide) groups is 1. The lowest BCUT2D eigenvalue weighted by molar-refractivity contribution is 0.104. The van der Waals surface area contributed by atoms with Crippen molar-refractivity contribution in [1.29, 1.82) is 0 Å². The first kappa shape index (κ1) is 12.8. The lowest BCUT2D eigenvalue weighted by atomic mass is 10.2. The first-order valence-electron chi connectivity index (χ1n) is 6.44. The molecule has 0 saturated carbocycles. The van der Waals surface area contributed by atoms with E-state index in [0.29, 0.717) is 18.3 Å². The minimum atomic E-state index is -0.861. The van der Waals surface area contributed by atoms with Crippen molar-refractivity contribution in [2.24, 2.45) is 0 Å². The molecule has 1 aromatic rings. The quantitative estimate of drug-likeness (QED) is 0.894. The second-order valence-electron chi connectivity index (χ2n) is 5.00. The number of hydrogen-bond donors (Lipinski definition) is 1. The first-order chi connectivity index (χ1) is 9.15. The molecular formula is C12H17N3O3S. The predicted octanol–water partition coefficient (Wildman–Crippen LogP) is 1.65. The molecule has 1 unspecified atom stereocenters. The Labute approximate surface area is 115 Å². The van der Waals surface area contributed by atoms with Gasteiger partial charge in [0, 0.05) is 11.9 Å². The Kier molecular flexibility index (Phi) is 3.40. The number of aromatic nitrogens is 2. The summed E-state index contributed by atoms with van der Waals surface area (Å²) in [4.78, 5) is 13.8. The molecule has 0 aromatic carbocycles. The molecule has 1 fully saturated rings. The molecule has 2 aliphatic rings. The SMILES string of the molecule is C[C@H]1Cn2ncc(SC3CCOC3)c2CN1C(=O)O. The summed E-state index contributed by atoms with van der Waals surface area (Å²) in [5, 5.41) is 14.1. The normalized spacial score (nSPS) is 26.5. The van der Waals surface area contributed by atoms with Crippen molar-refractivity contribution in [3.8, 4) is 0 Å². The molecule has 1 saturated heterocycles. The van der Waals surface area contributed by atoms with Crippen LogP contribution < -0.4 is 0 Å². The first-order valence-corrected chi connectivity index (χ1v) is 7.31.